The molecule has 6 heteroatoms. The van der Waals surface area contributed by atoms with Crippen LogP contribution in [0.3, 0.4) is 0 Å². The van der Waals surface area contributed by atoms with E-state index in [1.807, 2.05) is 24.3 Å². The van der Waals surface area contributed by atoms with Crippen molar-refractivity contribution in [3.8, 4) is 5.75 Å². The molecule has 0 aliphatic carbocycles. The number of nitrogens with zero attached hydrogens (tertiary/aromatic N) is 1. The minimum atomic E-state index is -0.849. The van der Waals surface area contributed by atoms with Gasteiger partial charge in [-0.1, -0.05) is 12.1 Å². The Morgan fingerprint density at radius 1 is 1.45 bits per heavy atom. The molecule has 0 bridgehead atoms. The Morgan fingerprint density at radius 2 is 2.27 bits per heavy atom. The number of carbonyl (C=O) groups is 2. The van der Waals surface area contributed by atoms with Gasteiger partial charge in [-0.3, -0.25) is 9.59 Å². The molecular formula is C16H21NO4S. The van der Waals surface area contributed by atoms with Crippen LogP contribution in [0.4, 0.5) is 0 Å². The standard InChI is InChI=1S/C16H21NO4S/c1-21-14-4-2-3-12(9-14)5-6-15(18)17-7-8-22-11-13(17)10-16(19)20/h2-4,9,13H,5-8,10-11H2,1H3,(H,19,20). The van der Waals surface area contributed by atoms with Gasteiger partial charge in [-0.15, -0.1) is 0 Å². The lowest BCUT2D eigenvalue weighted by molar-refractivity contribution is -0.140. The summed E-state index contributed by atoms with van der Waals surface area (Å²) in [7, 11) is 1.62. The zero-order chi connectivity index (χ0) is 15.9. The maximum atomic E-state index is 12.4. The van der Waals surface area contributed by atoms with Gasteiger partial charge in [0.1, 0.15) is 5.75 Å². The average molecular weight is 323 g/mol. The number of benzene rings is 1. The Kier molecular flexibility index (Phi) is 6.12. The average Bonchev–Trinajstić information content (AvgIpc) is 2.53. The Labute approximate surface area is 134 Å². The molecule has 1 aliphatic heterocycles. The summed E-state index contributed by atoms with van der Waals surface area (Å²) in [6.07, 6.45) is 1.06. The van der Waals surface area contributed by atoms with Crippen molar-refractivity contribution in [3.63, 3.8) is 0 Å². The summed E-state index contributed by atoms with van der Waals surface area (Å²) in [5.74, 6) is 1.55. The van der Waals surface area contributed by atoms with Crippen molar-refractivity contribution in [3.05, 3.63) is 29.8 Å². The van der Waals surface area contributed by atoms with E-state index in [1.54, 1.807) is 23.8 Å². The molecule has 1 unspecified atom stereocenters. The molecular weight excluding hydrogens is 302 g/mol. The van der Waals surface area contributed by atoms with Crippen molar-refractivity contribution in [2.24, 2.45) is 0 Å². The third kappa shape index (κ3) is 4.66. The Hall–Kier alpha value is -1.69. The molecule has 22 heavy (non-hydrogen) atoms. The van der Waals surface area contributed by atoms with Crippen molar-refractivity contribution in [2.45, 2.75) is 25.3 Å². The first-order valence-corrected chi connectivity index (χ1v) is 8.47. The van der Waals surface area contributed by atoms with Crippen molar-refractivity contribution in [1.29, 1.82) is 0 Å². The zero-order valence-electron chi connectivity index (χ0n) is 12.7. The van der Waals surface area contributed by atoms with Crippen LogP contribution in [0.1, 0.15) is 18.4 Å². The number of aryl methyl sites for hydroxylation is 1. The van der Waals surface area contributed by atoms with Gasteiger partial charge in [-0.2, -0.15) is 11.8 Å². The minimum absolute atomic E-state index is 0.0257. The van der Waals surface area contributed by atoms with E-state index < -0.39 is 5.97 Å². The molecule has 1 fully saturated rings. The first-order valence-electron chi connectivity index (χ1n) is 7.32. The summed E-state index contributed by atoms with van der Waals surface area (Å²) in [5, 5.41) is 8.97. The second kappa shape index (κ2) is 8.08. The van der Waals surface area contributed by atoms with Gasteiger partial charge in [0.25, 0.3) is 0 Å². The normalized spacial score (nSPS) is 18.0. The molecule has 1 aromatic rings. The van der Waals surface area contributed by atoms with Crippen LogP contribution in [0.15, 0.2) is 24.3 Å². The summed E-state index contributed by atoms with van der Waals surface area (Å²) >= 11 is 1.71. The van der Waals surface area contributed by atoms with Crippen molar-refractivity contribution < 1.29 is 19.4 Å². The molecule has 2 rings (SSSR count). The third-order valence-electron chi connectivity index (χ3n) is 3.72. The maximum absolute atomic E-state index is 12.4. The number of aliphatic carboxylic acids is 1. The SMILES string of the molecule is COc1cccc(CCC(=O)N2CCSCC2CC(=O)O)c1. The van der Waals surface area contributed by atoms with Gasteiger partial charge >= 0.3 is 5.97 Å². The Balaban J connectivity index is 1.93. The summed E-state index contributed by atoms with van der Waals surface area (Å²) in [6.45, 7) is 0.638. The van der Waals surface area contributed by atoms with Gasteiger partial charge in [0.2, 0.25) is 5.91 Å². The largest absolute Gasteiger partial charge is 0.497 e. The first-order chi connectivity index (χ1) is 10.6. The number of methoxy groups -OCH3 is 1. The number of carboxylic acids is 1. The fourth-order valence-electron chi connectivity index (χ4n) is 2.58. The molecule has 1 heterocycles. The molecule has 120 valence electrons. The van der Waals surface area contributed by atoms with Crippen molar-refractivity contribution >= 4 is 23.6 Å². The van der Waals surface area contributed by atoms with E-state index in [9.17, 15) is 9.59 Å². The molecule has 0 spiro atoms. The highest BCUT2D eigenvalue weighted by Gasteiger charge is 2.28. The van der Waals surface area contributed by atoms with Gasteiger partial charge in [0, 0.05) is 24.5 Å². The third-order valence-corrected chi connectivity index (χ3v) is 4.81. The molecule has 5 nitrogen and oxygen atoms in total. The van der Waals surface area contributed by atoms with Gasteiger partial charge < -0.3 is 14.7 Å². The molecule has 1 N–H and O–H groups in total. The number of ether oxygens (including phenoxy) is 1. The fraction of sp³-hybridized carbons (Fsp3) is 0.500. The Morgan fingerprint density at radius 3 is 3.00 bits per heavy atom. The van der Waals surface area contributed by atoms with E-state index in [0.717, 1.165) is 17.1 Å². The molecule has 0 saturated carbocycles. The summed E-state index contributed by atoms with van der Waals surface area (Å²) in [5.41, 5.74) is 1.05. The monoisotopic (exact) mass is 323 g/mol. The number of hydrogen-bond donors (Lipinski definition) is 1. The van der Waals surface area contributed by atoms with Gasteiger partial charge in [0.05, 0.1) is 19.6 Å². The molecule has 1 atom stereocenters. The number of carboxylic acid groups (broad SMARTS) is 1. The lowest BCUT2D eigenvalue weighted by atomic mass is 10.1. The Bertz CT molecular complexity index is 535. The smallest absolute Gasteiger partial charge is 0.305 e. The minimum Gasteiger partial charge on any atom is -0.497 e. The first kappa shape index (κ1) is 16.7. The second-order valence-corrected chi connectivity index (χ2v) is 6.42. The van der Waals surface area contributed by atoms with Gasteiger partial charge in [-0.05, 0) is 24.1 Å². The number of carbonyl (C=O) groups excluding carboxylic acids is 1. The topological polar surface area (TPSA) is 66.8 Å². The summed E-state index contributed by atoms with van der Waals surface area (Å²) in [6, 6.07) is 7.48. The summed E-state index contributed by atoms with van der Waals surface area (Å²) in [4.78, 5) is 25.1. The van der Waals surface area contributed by atoms with E-state index in [4.69, 9.17) is 9.84 Å². The van der Waals surface area contributed by atoms with E-state index >= 15 is 0 Å². The molecule has 1 saturated heterocycles. The predicted octanol–water partition coefficient (Wildman–Crippen LogP) is 2.05. The lowest BCUT2D eigenvalue weighted by Gasteiger charge is -2.34. The number of thioether (sulfide) groups is 1. The zero-order valence-corrected chi connectivity index (χ0v) is 13.5. The highest BCUT2D eigenvalue weighted by Crippen LogP contribution is 2.21. The van der Waals surface area contributed by atoms with E-state index in [-0.39, 0.29) is 18.4 Å². The molecule has 1 amide bonds. The van der Waals surface area contributed by atoms with E-state index in [0.29, 0.717) is 25.1 Å². The number of hydrogen-bond acceptors (Lipinski definition) is 4. The molecule has 1 aliphatic rings. The fourth-order valence-corrected chi connectivity index (χ4v) is 3.64. The van der Waals surface area contributed by atoms with Crippen LogP contribution in [0.5, 0.6) is 5.75 Å². The quantitative estimate of drug-likeness (QED) is 0.868. The maximum Gasteiger partial charge on any atom is 0.305 e. The van der Waals surface area contributed by atoms with Crippen LogP contribution in [0.2, 0.25) is 0 Å². The number of amides is 1. The van der Waals surface area contributed by atoms with E-state index in [1.165, 1.54) is 0 Å². The van der Waals surface area contributed by atoms with Crippen LogP contribution < -0.4 is 4.74 Å². The van der Waals surface area contributed by atoms with Crippen LogP contribution >= 0.6 is 11.8 Å². The lowest BCUT2D eigenvalue weighted by Crippen LogP contribution is -2.47. The molecule has 0 aromatic heterocycles. The highest BCUT2D eigenvalue weighted by atomic mass is 32.2. The van der Waals surface area contributed by atoms with Crippen molar-refractivity contribution in [1.82, 2.24) is 4.90 Å². The highest BCUT2D eigenvalue weighted by molar-refractivity contribution is 7.99. The number of rotatable bonds is 6. The molecule has 0 radical (unpaired) electrons. The van der Waals surface area contributed by atoms with E-state index in [2.05, 4.69) is 0 Å². The van der Waals surface area contributed by atoms with Crippen LogP contribution in [0, 0.1) is 0 Å². The summed E-state index contributed by atoms with van der Waals surface area (Å²) < 4.78 is 5.18. The predicted molar refractivity (Wildman–Crippen MR) is 86.4 cm³/mol. The van der Waals surface area contributed by atoms with Crippen molar-refractivity contribution in [2.75, 3.05) is 25.2 Å². The second-order valence-electron chi connectivity index (χ2n) is 5.27. The van der Waals surface area contributed by atoms with Crippen LogP contribution in [0.25, 0.3) is 0 Å². The van der Waals surface area contributed by atoms with Crippen LogP contribution in [-0.2, 0) is 16.0 Å². The molecule has 1 aromatic carbocycles. The van der Waals surface area contributed by atoms with Gasteiger partial charge in [0.15, 0.2) is 0 Å². The van der Waals surface area contributed by atoms with Crippen LogP contribution in [-0.4, -0.2) is 53.1 Å². The van der Waals surface area contributed by atoms with Gasteiger partial charge in [-0.25, -0.2) is 0 Å².